The van der Waals surface area contributed by atoms with E-state index in [4.69, 9.17) is 0 Å². The molecule has 188 valence electrons. The van der Waals surface area contributed by atoms with E-state index in [-0.39, 0.29) is 0 Å². The second-order valence-corrected chi connectivity index (χ2v) is 5.28. The fraction of sp³-hybridized carbons (Fsp3) is 1.00. The minimum absolute atomic E-state index is 0.994. The van der Waals surface area contributed by atoms with E-state index in [0.29, 0.717) is 0 Å². The van der Waals surface area contributed by atoms with Gasteiger partial charge in [0, 0.05) is 0 Å². The maximum Gasteiger partial charge on any atom is 0.430 e. The van der Waals surface area contributed by atoms with Crippen LogP contribution in [0.2, 0.25) is 0 Å². The van der Waals surface area contributed by atoms with Crippen LogP contribution in [0.5, 0.6) is 0 Å². The molecule has 0 radical (unpaired) electrons. The smallest absolute Gasteiger partial charge is 0.245 e. The first kappa shape index (κ1) is 29.6. The summed E-state index contributed by atoms with van der Waals surface area (Å²) in [6, 6.07) is 0. The lowest BCUT2D eigenvalue weighted by molar-refractivity contribution is -0.518. The van der Waals surface area contributed by atoms with Crippen molar-refractivity contribution in [1.29, 1.82) is 0 Å². The fourth-order valence-corrected chi connectivity index (χ4v) is 1.35. The fourth-order valence-electron chi connectivity index (χ4n) is 1.35. The molecule has 0 bridgehead atoms. The van der Waals surface area contributed by atoms with Crippen molar-refractivity contribution in [3.05, 3.63) is 0 Å². The maximum atomic E-state index is 12.9. The third kappa shape index (κ3) is 4.05. The lowest BCUT2D eigenvalue weighted by Gasteiger charge is -2.40. The van der Waals surface area contributed by atoms with Crippen molar-refractivity contribution in [3.63, 3.8) is 0 Å². The molecule has 0 aliphatic carbocycles. The Bertz CT molecular complexity index is 580. The highest BCUT2D eigenvalue weighted by atomic mass is 19.4. The first-order valence-electron chi connectivity index (χ1n) is 6.38. The van der Waals surface area contributed by atoms with Gasteiger partial charge in [-0.3, -0.25) is 0 Å². The summed E-state index contributed by atoms with van der Waals surface area (Å²) in [5.41, 5.74) is 0. The Labute approximate surface area is 154 Å². The lowest BCUT2D eigenvalue weighted by atomic mass is 10.0. The van der Waals surface area contributed by atoms with Crippen LogP contribution in [0.25, 0.3) is 0 Å². The molecular formula is C10H2F20O. The minimum Gasteiger partial charge on any atom is -0.245 e. The van der Waals surface area contributed by atoms with Crippen LogP contribution in [0.1, 0.15) is 0 Å². The third-order valence-electron chi connectivity index (χ3n) is 3.16. The zero-order valence-corrected chi connectivity index (χ0v) is 13.1. The molecule has 0 N–H and O–H groups in total. The molecule has 0 saturated carbocycles. The number of halogens is 20. The Kier molecular flexibility index (Phi) is 7.21. The molecule has 21 heteroatoms. The standard InChI is InChI=1S/C10H2F20O/c11-1(12)3(15,16)5(19,20)7(23,24)9(27,28)31-10(29,30)8(25,26)6(21,22)4(17,18)2(13)14/h1-2H. The van der Waals surface area contributed by atoms with Gasteiger partial charge in [-0.15, -0.1) is 0 Å². The average Bonchev–Trinajstić information content (AvgIpc) is 2.52. The van der Waals surface area contributed by atoms with E-state index >= 15 is 0 Å². The second kappa shape index (κ2) is 7.56. The zero-order valence-electron chi connectivity index (χ0n) is 13.1. The molecule has 0 rings (SSSR count). The van der Waals surface area contributed by atoms with Gasteiger partial charge in [0.15, 0.2) is 0 Å². The number of hydrogen-bond acceptors (Lipinski definition) is 1. The number of ether oxygens (including phenoxy) is 1. The van der Waals surface area contributed by atoms with E-state index in [1.807, 2.05) is 0 Å². The Hall–Kier alpha value is -1.44. The van der Waals surface area contributed by atoms with E-state index < -0.39 is 60.6 Å². The molecule has 31 heavy (non-hydrogen) atoms. The van der Waals surface area contributed by atoms with Crippen molar-refractivity contribution in [1.82, 2.24) is 0 Å². The van der Waals surface area contributed by atoms with Gasteiger partial charge in [-0.2, -0.15) is 70.2 Å². The minimum atomic E-state index is -8.33. The summed E-state index contributed by atoms with van der Waals surface area (Å²) in [4.78, 5) is 0. The number of hydrogen-bond donors (Lipinski definition) is 0. The van der Waals surface area contributed by atoms with Crippen molar-refractivity contribution in [2.75, 3.05) is 0 Å². The number of rotatable bonds is 10. The normalized spacial score (nSPS) is 16.5. The van der Waals surface area contributed by atoms with Gasteiger partial charge < -0.3 is 0 Å². The summed E-state index contributed by atoms with van der Waals surface area (Å²) in [7, 11) is 0. The van der Waals surface area contributed by atoms with Crippen molar-refractivity contribution >= 4 is 0 Å². The van der Waals surface area contributed by atoms with Gasteiger partial charge in [0.05, 0.1) is 0 Å². The Morgan fingerprint density at radius 1 is 0.355 bits per heavy atom. The van der Waals surface area contributed by atoms with Gasteiger partial charge in [0.2, 0.25) is 0 Å². The first-order chi connectivity index (χ1) is 13.1. The second-order valence-electron chi connectivity index (χ2n) is 5.28. The SMILES string of the molecule is FC(F)C(F)(F)C(F)(F)C(F)(F)C(F)(F)OC(F)(F)C(F)(F)C(F)(F)C(F)(F)C(F)F. The van der Waals surface area contributed by atoms with Crippen molar-refractivity contribution in [2.24, 2.45) is 0 Å². The van der Waals surface area contributed by atoms with Crippen LogP contribution < -0.4 is 0 Å². The van der Waals surface area contributed by atoms with E-state index in [1.165, 1.54) is 0 Å². The molecule has 0 fully saturated rings. The van der Waals surface area contributed by atoms with Gasteiger partial charge in [-0.25, -0.2) is 22.3 Å². The summed E-state index contributed by atoms with van der Waals surface area (Å²) in [5, 5.41) is 0. The summed E-state index contributed by atoms with van der Waals surface area (Å²) in [6.45, 7) is 0. The van der Waals surface area contributed by atoms with Crippen LogP contribution in [0.3, 0.4) is 0 Å². The van der Waals surface area contributed by atoms with Crippen LogP contribution >= 0.6 is 0 Å². The highest BCUT2D eigenvalue weighted by Gasteiger charge is 2.89. The molecule has 0 saturated heterocycles. The molecule has 0 atom stereocenters. The monoisotopic (exact) mass is 518 g/mol. The highest BCUT2D eigenvalue weighted by molar-refractivity contribution is 5.05. The highest BCUT2D eigenvalue weighted by Crippen LogP contribution is 2.59. The molecule has 0 aliphatic heterocycles. The van der Waals surface area contributed by atoms with Crippen molar-refractivity contribution in [3.8, 4) is 0 Å². The lowest BCUT2D eigenvalue weighted by Crippen LogP contribution is -2.69. The molecular weight excluding hydrogens is 516 g/mol. The first-order valence-corrected chi connectivity index (χ1v) is 6.38. The molecule has 0 amide bonds. The summed E-state index contributed by atoms with van der Waals surface area (Å²) < 4.78 is 252. The van der Waals surface area contributed by atoms with Gasteiger partial charge in [-0.05, 0) is 0 Å². The van der Waals surface area contributed by atoms with Crippen LogP contribution in [0.15, 0.2) is 0 Å². The summed E-state index contributed by atoms with van der Waals surface area (Å²) in [5.74, 6) is -48.0. The molecule has 0 aromatic rings. The Balaban J connectivity index is 6.42. The predicted molar refractivity (Wildman–Crippen MR) is 52.7 cm³/mol. The van der Waals surface area contributed by atoms with Gasteiger partial charge in [-0.1, -0.05) is 0 Å². The molecule has 0 heterocycles. The van der Waals surface area contributed by atoms with Gasteiger partial charge >= 0.3 is 60.6 Å². The molecule has 0 aliphatic rings. The van der Waals surface area contributed by atoms with E-state index in [0.717, 1.165) is 4.74 Å². The van der Waals surface area contributed by atoms with Crippen LogP contribution in [0.4, 0.5) is 87.8 Å². The van der Waals surface area contributed by atoms with Crippen LogP contribution in [0, 0.1) is 0 Å². The van der Waals surface area contributed by atoms with Gasteiger partial charge in [0.25, 0.3) is 0 Å². The number of alkyl halides is 20. The van der Waals surface area contributed by atoms with Crippen LogP contribution in [-0.2, 0) is 4.74 Å². The average molecular weight is 518 g/mol. The molecule has 0 aromatic carbocycles. The molecule has 0 spiro atoms. The predicted octanol–water partition coefficient (Wildman–Crippen LogP) is 6.53. The Morgan fingerprint density at radius 3 is 0.710 bits per heavy atom. The molecule has 1 nitrogen and oxygen atoms in total. The van der Waals surface area contributed by atoms with E-state index in [9.17, 15) is 87.8 Å². The zero-order chi connectivity index (χ0) is 25.9. The van der Waals surface area contributed by atoms with E-state index in [2.05, 4.69) is 0 Å². The molecule has 0 unspecified atom stereocenters. The summed E-state index contributed by atoms with van der Waals surface area (Å²) in [6.07, 6.45) is -28.3. The van der Waals surface area contributed by atoms with Gasteiger partial charge in [0.1, 0.15) is 0 Å². The van der Waals surface area contributed by atoms with Crippen LogP contribution in [-0.4, -0.2) is 60.6 Å². The van der Waals surface area contributed by atoms with Crippen molar-refractivity contribution < 1.29 is 92.5 Å². The third-order valence-corrected chi connectivity index (χ3v) is 3.16. The van der Waals surface area contributed by atoms with Crippen molar-refractivity contribution in [2.45, 2.75) is 60.6 Å². The quantitative estimate of drug-likeness (QED) is 0.299. The largest absolute Gasteiger partial charge is 0.430 e. The topological polar surface area (TPSA) is 9.23 Å². The van der Waals surface area contributed by atoms with E-state index in [1.54, 1.807) is 0 Å². The Morgan fingerprint density at radius 2 is 0.548 bits per heavy atom. The molecule has 0 aromatic heterocycles. The maximum absolute atomic E-state index is 12.9. The summed E-state index contributed by atoms with van der Waals surface area (Å²) >= 11 is 0.